The maximum absolute atomic E-state index is 13.2. The van der Waals surface area contributed by atoms with Crippen molar-refractivity contribution >= 4 is 27.7 Å². The number of ether oxygens (including phenoxy) is 1. The van der Waals surface area contributed by atoms with Crippen LogP contribution in [0.3, 0.4) is 0 Å². The lowest BCUT2D eigenvalue weighted by Crippen LogP contribution is -2.27. The van der Waals surface area contributed by atoms with Crippen molar-refractivity contribution in [2.45, 2.75) is 33.3 Å². The fourth-order valence-corrected chi connectivity index (χ4v) is 1.54. The van der Waals surface area contributed by atoms with Crippen molar-refractivity contribution in [1.82, 2.24) is 0 Å². The molecular formula is C12H15BrFNO2. The number of amides is 1. The van der Waals surface area contributed by atoms with Crippen molar-refractivity contribution in [3.63, 3.8) is 0 Å². The zero-order valence-electron chi connectivity index (χ0n) is 10.2. The molecule has 94 valence electrons. The fraction of sp³-hybridized carbons (Fsp3) is 0.417. The van der Waals surface area contributed by atoms with Crippen LogP contribution in [0.1, 0.15) is 26.3 Å². The van der Waals surface area contributed by atoms with Crippen LogP contribution in [0.4, 0.5) is 14.9 Å². The van der Waals surface area contributed by atoms with E-state index < -0.39 is 11.7 Å². The molecule has 0 unspecified atom stereocenters. The molecule has 17 heavy (non-hydrogen) atoms. The molecule has 0 saturated heterocycles. The summed E-state index contributed by atoms with van der Waals surface area (Å²) in [4.78, 5) is 11.5. The van der Waals surface area contributed by atoms with Gasteiger partial charge in [0.2, 0.25) is 0 Å². The van der Waals surface area contributed by atoms with E-state index in [1.165, 1.54) is 12.1 Å². The number of rotatable bonds is 1. The van der Waals surface area contributed by atoms with Crippen molar-refractivity contribution in [2.75, 3.05) is 5.32 Å². The van der Waals surface area contributed by atoms with E-state index in [1.807, 2.05) is 0 Å². The van der Waals surface area contributed by atoms with Gasteiger partial charge in [0.1, 0.15) is 11.4 Å². The highest BCUT2D eigenvalue weighted by molar-refractivity contribution is 9.10. The van der Waals surface area contributed by atoms with Gasteiger partial charge in [-0.2, -0.15) is 0 Å². The van der Waals surface area contributed by atoms with Gasteiger partial charge in [0.05, 0.1) is 4.47 Å². The van der Waals surface area contributed by atoms with Crippen LogP contribution in [0.2, 0.25) is 0 Å². The summed E-state index contributed by atoms with van der Waals surface area (Å²) in [6, 6.07) is 2.85. The summed E-state index contributed by atoms with van der Waals surface area (Å²) in [7, 11) is 0. The molecule has 5 heteroatoms. The van der Waals surface area contributed by atoms with Gasteiger partial charge in [-0.1, -0.05) is 0 Å². The summed E-state index contributed by atoms with van der Waals surface area (Å²) in [6.45, 7) is 7.04. The molecule has 1 rings (SSSR count). The predicted molar refractivity (Wildman–Crippen MR) is 68.7 cm³/mol. The molecule has 0 atom stereocenters. The maximum Gasteiger partial charge on any atom is 0.412 e. The molecule has 0 aliphatic heterocycles. The Hall–Kier alpha value is -1.10. The van der Waals surface area contributed by atoms with Crippen molar-refractivity contribution in [2.24, 2.45) is 0 Å². The average Bonchev–Trinajstić information content (AvgIpc) is 2.11. The largest absolute Gasteiger partial charge is 0.444 e. The van der Waals surface area contributed by atoms with E-state index in [2.05, 4.69) is 21.2 Å². The first-order chi connectivity index (χ1) is 7.69. The van der Waals surface area contributed by atoms with E-state index in [1.54, 1.807) is 27.7 Å². The SMILES string of the molecule is Cc1cc(F)c(Br)cc1NC(=O)OC(C)(C)C. The first-order valence-corrected chi connectivity index (χ1v) is 5.94. The topological polar surface area (TPSA) is 38.3 Å². The summed E-state index contributed by atoms with van der Waals surface area (Å²) >= 11 is 3.06. The minimum absolute atomic E-state index is 0.300. The van der Waals surface area contributed by atoms with Gasteiger partial charge in [-0.3, -0.25) is 5.32 Å². The number of carbonyl (C=O) groups excluding carboxylic acids is 1. The first kappa shape index (κ1) is 14.0. The number of nitrogens with one attached hydrogen (secondary N) is 1. The lowest BCUT2D eigenvalue weighted by Gasteiger charge is -2.20. The lowest BCUT2D eigenvalue weighted by atomic mass is 10.2. The molecule has 3 nitrogen and oxygen atoms in total. The maximum atomic E-state index is 13.2. The monoisotopic (exact) mass is 303 g/mol. The third-order valence-electron chi connectivity index (χ3n) is 1.90. The van der Waals surface area contributed by atoms with E-state index in [0.29, 0.717) is 15.7 Å². The van der Waals surface area contributed by atoms with Gasteiger partial charge in [-0.25, -0.2) is 9.18 Å². The van der Waals surface area contributed by atoms with Crippen molar-refractivity contribution in [3.8, 4) is 0 Å². The third kappa shape index (κ3) is 4.34. The summed E-state index contributed by atoms with van der Waals surface area (Å²) in [5.74, 6) is -0.364. The predicted octanol–water partition coefficient (Wildman–Crippen LogP) is 4.24. The average molecular weight is 304 g/mol. The second kappa shape index (κ2) is 5.04. The minimum atomic E-state index is -0.560. The van der Waals surface area contributed by atoms with E-state index >= 15 is 0 Å². The highest BCUT2D eigenvalue weighted by Gasteiger charge is 2.17. The minimum Gasteiger partial charge on any atom is -0.444 e. The molecule has 0 radical (unpaired) electrons. The molecule has 1 aromatic carbocycles. The Labute approximate surface area is 108 Å². The van der Waals surface area contributed by atoms with E-state index in [0.717, 1.165) is 0 Å². The second-order valence-corrected chi connectivity index (χ2v) is 5.56. The standard InChI is InChI=1S/C12H15BrFNO2/c1-7-5-9(14)8(13)6-10(7)15-11(16)17-12(2,3)4/h5-6H,1-4H3,(H,15,16). The molecule has 1 amide bonds. The molecule has 0 aliphatic rings. The second-order valence-electron chi connectivity index (χ2n) is 4.71. The number of anilines is 1. The molecule has 0 bridgehead atoms. The fourth-order valence-electron chi connectivity index (χ4n) is 1.19. The molecule has 0 spiro atoms. The van der Waals surface area contributed by atoms with Gasteiger partial charge < -0.3 is 4.74 Å². The van der Waals surface area contributed by atoms with Crippen molar-refractivity contribution in [1.29, 1.82) is 0 Å². The molecule has 1 aromatic rings. The van der Waals surface area contributed by atoms with Crippen molar-refractivity contribution < 1.29 is 13.9 Å². The Morgan fingerprint density at radius 1 is 1.41 bits per heavy atom. The molecule has 0 fully saturated rings. The molecule has 1 N–H and O–H groups in total. The Morgan fingerprint density at radius 2 is 2.00 bits per heavy atom. The van der Waals surface area contributed by atoms with Crippen LogP contribution in [0.5, 0.6) is 0 Å². The number of carbonyl (C=O) groups is 1. The van der Waals surface area contributed by atoms with Crippen molar-refractivity contribution in [3.05, 3.63) is 28.0 Å². The summed E-state index contributed by atoms with van der Waals surface area (Å²) in [6.07, 6.45) is -0.556. The highest BCUT2D eigenvalue weighted by atomic mass is 79.9. The molecule has 0 heterocycles. The van der Waals surface area contributed by atoms with Gasteiger partial charge >= 0.3 is 6.09 Å². The van der Waals surface area contributed by atoms with Crippen LogP contribution in [-0.2, 0) is 4.74 Å². The Balaban J connectivity index is 2.82. The van der Waals surface area contributed by atoms with E-state index in [9.17, 15) is 9.18 Å². The number of hydrogen-bond acceptors (Lipinski definition) is 2. The number of benzene rings is 1. The van der Waals surface area contributed by atoms with Crippen LogP contribution < -0.4 is 5.32 Å². The Bertz CT molecular complexity index is 441. The molecular weight excluding hydrogens is 289 g/mol. The Morgan fingerprint density at radius 3 is 2.53 bits per heavy atom. The zero-order valence-corrected chi connectivity index (χ0v) is 11.8. The summed E-state index contributed by atoms with van der Waals surface area (Å²) < 4.78 is 18.6. The third-order valence-corrected chi connectivity index (χ3v) is 2.51. The lowest BCUT2D eigenvalue weighted by molar-refractivity contribution is 0.0636. The van der Waals surface area contributed by atoms with Gasteiger partial charge in [0.25, 0.3) is 0 Å². The van der Waals surface area contributed by atoms with Gasteiger partial charge in [0, 0.05) is 5.69 Å². The van der Waals surface area contributed by atoms with Crippen LogP contribution >= 0.6 is 15.9 Å². The number of hydrogen-bond donors (Lipinski definition) is 1. The number of aryl methyl sites for hydroxylation is 1. The highest BCUT2D eigenvalue weighted by Crippen LogP contribution is 2.24. The van der Waals surface area contributed by atoms with Gasteiger partial charge in [-0.05, 0) is 61.3 Å². The summed E-state index contributed by atoms with van der Waals surface area (Å²) in [5, 5.41) is 2.58. The Kier molecular flexibility index (Phi) is 4.14. The molecule has 0 saturated carbocycles. The quantitative estimate of drug-likeness (QED) is 0.842. The van der Waals surface area contributed by atoms with Gasteiger partial charge in [-0.15, -0.1) is 0 Å². The number of halogens is 2. The first-order valence-electron chi connectivity index (χ1n) is 5.15. The zero-order chi connectivity index (χ0) is 13.2. The van der Waals surface area contributed by atoms with E-state index in [4.69, 9.17) is 4.74 Å². The van der Waals surface area contributed by atoms with Crippen LogP contribution in [0.25, 0.3) is 0 Å². The molecule has 0 aromatic heterocycles. The molecule has 0 aliphatic carbocycles. The van der Waals surface area contributed by atoms with Crippen LogP contribution in [-0.4, -0.2) is 11.7 Å². The van der Waals surface area contributed by atoms with Gasteiger partial charge in [0.15, 0.2) is 0 Å². The normalized spacial score (nSPS) is 11.2. The van der Waals surface area contributed by atoms with Crippen LogP contribution in [0, 0.1) is 12.7 Å². The van der Waals surface area contributed by atoms with E-state index in [-0.39, 0.29) is 5.82 Å². The summed E-state index contributed by atoms with van der Waals surface area (Å²) in [5.41, 5.74) is 0.596. The van der Waals surface area contributed by atoms with Crippen LogP contribution in [0.15, 0.2) is 16.6 Å². The smallest absolute Gasteiger partial charge is 0.412 e.